The van der Waals surface area contributed by atoms with Gasteiger partial charge >= 0.3 is 0 Å². The molecule has 20 heavy (non-hydrogen) atoms. The number of hydrogen-bond acceptors (Lipinski definition) is 3. The lowest BCUT2D eigenvalue weighted by atomic mass is 10.1. The first kappa shape index (κ1) is 14.2. The number of rotatable bonds is 5. The number of nitrogens with one attached hydrogen (secondary N) is 1. The largest absolute Gasteiger partial charge is 0.496 e. The van der Waals surface area contributed by atoms with E-state index in [1.165, 1.54) is 13.2 Å². The third-order valence-electron chi connectivity index (χ3n) is 3.11. The number of ether oxygens (including phenoxy) is 2. The first-order valence-electron chi connectivity index (χ1n) is 6.35. The first-order chi connectivity index (χ1) is 9.63. The van der Waals surface area contributed by atoms with E-state index in [4.69, 9.17) is 9.47 Å². The molecule has 0 spiro atoms. The van der Waals surface area contributed by atoms with Crippen molar-refractivity contribution in [2.24, 2.45) is 0 Å². The van der Waals surface area contributed by atoms with Crippen LogP contribution < -0.4 is 14.8 Å². The van der Waals surface area contributed by atoms with Crippen molar-refractivity contribution < 1.29 is 13.9 Å². The Morgan fingerprint density at radius 1 is 1.00 bits per heavy atom. The quantitative estimate of drug-likeness (QED) is 0.901. The van der Waals surface area contributed by atoms with Gasteiger partial charge in [0, 0.05) is 18.3 Å². The minimum absolute atomic E-state index is 0.246. The second kappa shape index (κ2) is 6.28. The van der Waals surface area contributed by atoms with Gasteiger partial charge in [-0.2, -0.15) is 0 Å². The third kappa shape index (κ3) is 3.20. The van der Waals surface area contributed by atoms with E-state index < -0.39 is 0 Å². The topological polar surface area (TPSA) is 30.5 Å². The van der Waals surface area contributed by atoms with Gasteiger partial charge in [0.1, 0.15) is 5.75 Å². The molecule has 0 aliphatic heterocycles. The molecule has 0 aliphatic carbocycles. The van der Waals surface area contributed by atoms with Crippen LogP contribution in [0, 0.1) is 12.7 Å². The van der Waals surface area contributed by atoms with Crippen LogP contribution in [0.25, 0.3) is 0 Å². The van der Waals surface area contributed by atoms with Crippen LogP contribution in [0.5, 0.6) is 11.5 Å². The number of methoxy groups -OCH3 is 2. The molecule has 1 N–H and O–H groups in total. The summed E-state index contributed by atoms with van der Waals surface area (Å²) in [5.41, 5.74) is 2.91. The van der Waals surface area contributed by atoms with Crippen molar-refractivity contribution in [2.75, 3.05) is 19.5 Å². The lowest BCUT2D eigenvalue weighted by molar-refractivity contribution is 0.386. The Balaban J connectivity index is 2.05. The smallest absolute Gasteiger partial charge is 0.167 e. The van der Waals surface area contributed by atoms with Gasteiger partial charge in [-0.05, 0) is 36.2 Å². The lowest BCUT2D eigenvalue weighted by Gasteiger charge is -2.10. The van der Waals surface area contributed by atoms with Crippen LogP contribution >= 0.6 is 0 Å². The maximum atomic E-state index is 13.6. The van der Waals surface area contributed by atoms with Crippen LogP contribution in [0.1, 0.15) is 11.1 Å². The molecule has 0 radical (unpaired) electrons. The molecule has 106 valence electrons. The summed E-state index contributed by atoms with van der Waals surface area (Å²) in [5.74, 6) is 0.739. The molecule has 0 aromatic heterocycles. The van der Waals surface area contributed by atoms with Gasteiger partial charge in [0.05, 0.1) is 14.2 Å². The van der Waals surface area contributed by atoms with E-state index in [0.29, 0.717) is 6.54 Å². The Morgan fingerprint density at radius 3 is 2.30 bits per heavy atom. The van der Waals surface area contributed by atoms with Crippen LogP contribution in [0.4, 0.5) is 10.1 Å². The first-order valence-corrected chi connectivity index (χ1v) is 6.35. The van der Waals surface area contributed by atoms with Gasteiger partial charge in [0.15, 0.2) is 11.6 Å². The summed E-state index contributed by atoms with van der Waals surface area (Å²) in [4.78, 5) is 0. The number of hydrogen-bond donors (Lipinski definition) is 1. The standard InChI is InChI=1S/C16H18FNO2/c1-11-8-12(4-6-15(11)19-2)10-18-13-5-7-16(20-3)14(17)9-13/h4-9,18H,10H2,1-3H3. The molecule has 3 nitrogen and oxygen atoms in total. The molecule has 0 aliphatic rings. The van der Waals surface area contributed by atoms with E-state index in [1.54, 1.807) is 19.2 Å². The molecule has 0 saturated heterocycles. The predicted molar refractivity (Wildman–Crippen MR) is 78.0 cm³/mol. The van der Waals surface area contributed by atoms with E-state index in [0.717, 1.165) is 22.6 Å². The molecule has 2 aromatic rings. The summed E-state index contributed by atoms with van der Waals surface area (Å²) >= 11 is 0. The molecule has 0 bridgehead atoms. The summed E-state index contributed by atoms with van der Waals surface area (Å²) in [7, 11) is 3.10. The van der Waals surface area contributed by atoms with Gasteiger partial charge < -0.3 is 14.8 Å². The normalized spacial score (nSPS) is 10.2. The van der Waals surface area contributed by atoms with Gasteiger partial charge in [0.2, 0.25) is 0 Å². The van der Waals surface area contributed by atoms with Crippen molar-refractivity contribution >= 4 is 5.69 Å². The van der Waals surface area contributed by atoms with Gasteiger partial charge in [-0.1, -0.05) is 12.1 Å². The zero-order chi connectivity index (χ0) is 14.5. The maximum Gasteiger partial charge on any atom is 0.167 e. The van der Waals surface area contributed by atoms with Crippen LogP contribution in [0.3, 0.4) is 0 Å². The van der Waals surface area contributed by atoms with Gasteiger partial charge in [-0.15, -0.1) is 0 Å². The summed E-state index contributed by atoms with van der Waals surface area (Å²) < 4.78 is 23.7. The number of halogens is 1. The molecule has 4 heteroatoms. The van der Waals surface area contributed by atoms with E-state index >= 15 is 0 Å². The average Bonchev–Trinajstić information content (AvgIpc) is 2.45. The van der Waals surface area contributed by atoms with Crippen LogP contribution in [0.15, 0.2) is 36.4 Å². The number of anilines is 1. The van der Waals surface area contributed by atoms with E-state index in [-0.39, 0.29) is 11.6 Å². The second-order valence-corrected chi connectivity index (χ2v) is 4.51. The van der Waals surface area contributed by atoms with Gasteiger partial charge in [0.25, 0.3) is 0 Å². The fourth-order valence-corrected chi connectivity index (χ4v) is 2.03. The zero-order valence-electron chi connectivity index (χ0n) is 11.9. The summed E-state index contributed by atoms with van der Waals surface area (Å²) in [6.07, 6.45) is 0. The van der Waals surface area contributed by atoms with Crippen LogP contribution in [-0.4, -0.2) is 14.2 Å². The molecule has 0 amide bonds. The number of benzene rings is 2. The van der Waals surface area contributed by atoms with E-state index in [2.05, 4.69) is 5.32 Å². The molecule has 0 fully saturated rings. The zero-order valence-corrected chi connectivity index (χ0v) is 11.9. The molecule has 0 saturated carbocycles. The molecular formula is C16H18FNO2. The highest BCUT2D eigenvalue weighted by molar-refractivity contribution is 5.48. The fourth-order valence-electron chi connectivity index (χ4n) is 2.03. The summed E-state index contributed by atoms with van der Waals surface area (Å²) in [6, 6.07) is 10.8. The van der Waals surface area contributed by atoms with Crippen LogP contribution in [-0.2, 0) is 6.54 Å². The molecular weight excluding hydrogens is 257 g/mol. The molecule has 0 heterocycles. The van der Waals surface area contributed by atoms with Crippen molar-refractivity contribution in [1.82, 2.24) is 0 Å². The number of aryl methyl sites for hydroxylation is 1. The molecule has 2 rings (SSSR count). The minimum atomic E-state index is -0.372. The molecule has 2 aromatic carbocycles. The Hall–Kier alpha value is -2.23. The van der Waals surface area contributed by atoms with E-state index in [1.807, 2.05) is 25.1 Å². The molecule has 0 unspecified atom stereocenters. The predicted octanol–water partition coefficient (Wildman–Crippen LogP) is 3.76. The average molecular weight is 275 g/mol. The highest BCUT2D eigenvalue weighted by Crippen LogP contribution is 2.22. The Morgan fingerprint density at radius 2 is 1.70 bits per heavy atom. The highest BCUT2D eigenvalue weighted by atomic mass is 19.1. The van der Waals surface area contributed by atoms with Crippen LogP contribution in [0.2, 0.25) is 0 Å². The van der Waals surface area contributed by atoms with Crippen molar-refractivity contribution in [3.63, 3.8) is 0 Å². The van der Waals surface area contributed by atoms with Crippen molar-refractivity contribution in [1.29, 1.82) is 0 Å². The third-order valence-corrected chi connectivity index (χ3v) is 3.11. The summed E-state index contributed by atoms with van der Waals surface area (Å²) in [5, 5.41) is 3.18. The Labute approximate surface area is 118 Å². The van der Waals surface area contributed by atoms with Crippen molar-refractivity contribution in [2.45, 2.75) is 13.5 Å². The van der Waals surface area contributed by atoms with Gasteiger partial charge in [-0.3, -0.25) is 0 Å². The van der Waals surface area contributed by atoms with Crippen molar-refractivity contribution in [3.05, 3.63) is 53.3 Å². The minimum Gasteiger partial charge on any atom is -0.496 e. The Kier molecular flexibility index (Phi) is 4.45. The Bertz CT molecular complexity index is 546. The van der Waals surface area contributed by atoms with Gasteiger partial charge in [-0.25, -0.2) is 4.39 Å². The monoisotopic (exact) mass is 275 g/mol. The SMILES string of the molecule is COc1ccc(CNc2ccc(OC)c(F)c2)cc1C. The van der Waals surface area contributed by atoms with E-state index in [9.17, 15) is 4.39 Å². The highest BCUT2D eigenvalue weighted by Gasteiger charge is 2.04. The molecule has 0 atom stereocenters. The fraction of sp³-hybridized carbons (Fsp3) is 0.250. The lowest BCUT2D eigenvalue weighted by Crippen LogP contribution is -2.01. The second-order valence-electron chi connectivity index (χ2n) is 4.51. The summed E-state index contributed by atoms with van der Waals surface area (Å²) in [6.45, 7) is 2.62. The van der Waals surface area contributed by atoms with Crippen molar-refractivity contribution in [3.8, 4) is 11.5 Å². The maximum absolute atomic E-state index is 13.6.